The van der Waals surface area contributed by atoms with Crippen LogP contribution in [0.25, 0.3) is 11.0 Å². The van der Waals surface area contributed by atoms with E-state index < -0.39 is 11.2 Å². The summed E-state index contributed by atoms with van der Waals surface area (Å²) in [6.07, 6.45) is 1.26. The van der Waals surface area contributed by atoms with Gasteiger partial charge in [-0.25, -0.2) is 4.79 Å². The highest BCUT2D eigenvalue weighted by Gasteiger charge is 2.45. The van der Waals surface area contributed by atoms with Crippen molar-refractivity contribution in [2.45, 2.75) is 31.8 Å². The molecule has 1 saturated heterocycles. The van der Waals surface area contributed by atoms with E-state index in [1.54, 1.807) is 42.3 Å². The minimum Gasteiger partial charge on any atom is -0.496 e. The fourth-order valence-electron chi connectivity index (χ4n) is 4.92. The number of ether oxygens (including phenoxy) is 4. The van der Waals surface area contributed by atoms with Crippen LogP contribution in [0.15, 0.2) is 45.6 Å². The molecule has 2 aliphatic rings. The molecule has 188 valence electrons. The minimum atomic E-state index is -0.674. The quantitative estimate of drug-likeness (QED) is 0.497. The first-order valence-electron chi connectivity index (χ1n) is 11.7. The number of amides is 1. The lowest BCUT2D eigenvalue weighted by Crippen LogP contribution is -2.53. The van der Waals surface area contributed by atoms with Crippen molar-refractivity contribution in [3.63, 3.8) is 0 Å². The molecule has 0 bridgehead atoms. The zero-order chi connectivity index (χ0) is 25.4. The SMILES string of the molecule is COc1cc(OC)c2c(c1)OC1(CCN(C(=O)COc3ccc4c(C)cc(=O)oc4c3)CC1)CC2=O. The van der Waals surface area contributed by atoms with E-state index in [0.29, 0.717) is 60.1 Å². The summed E-state index contributed by atoms with van der Waals surface area (Å²) in [5.74, 6) is 1.65. The minimum absolute atomic E-state index is 0.0444. The third kappa shape index (κ3) is 4.36. The lowest BCUT2D eigenvalue weighted by Gasteiger charge is -2.44. The van der Waals surface area contributed by atoms with Crippen LogP contribution in [0.5, 0.6) is 23.0 Å². The molecule has 9 nitrogen and oxygen atoms in total. The maximum Gasteiger partial charge on any atom is 0.336 e. The van der Waals surface area contributed by atoms with Crippen LogP contribution in [0.3, 0.4) is 0 Å². The first kappa shape index (κ1) is 23.7. The summed E-state index contributed by atoms with van der Waals surface area (Å²) >= 11 is 0. The summed E-state index contributed by atoms with van der Waals surface area (Å²) < 4.78 is 28.0. The third-order valence-electron chi connectivity index (χ3n) is 6.90. The van der Waals surface area contributed by atoms with Gasteiger partial charge in [0, 0.05) is 55.6 Å². The summed E-state index contributed by atoms with van der Waals surface area (Å²) in [6, 6.07) is 9.97. The average molecular weight is 494 g/mol. The van der Waals surface area contributed by atoms with Gasteiger partial charge in [-0.05, 0) is 24.6 Å². The van der Waals surface area contributed by atoms with Gasteiger partial charge < -0.3 is 28.3 Å². The van der Waals surface area contributed by atoms with Crippen LogP contribution in [0.4, 0.5) is 0 Å². The second-order valence-corrected chi connectivity index (χ2v) is 9.16. The molecule has 1 amide bonds. The van der Waals surface area contributed by atoms with Crippen LogP contribution in [0, 0.1) is 6.92 Å². The summed E-state index contributed by atoms with van der Waals surface area (Å²) in [7, 11) is 3.05. The normalized spacial score (nSPS) is 16.4. The van der Waals surface area contributed by atoms with Crippen molar-refractivity contribution in [2.75, 3.05) is 33.9 Å². The van der Waals surface area contributed by atoms with Gasteiger partial charge in [0.05, 0.1) is 20.6 Å². The molecule has 0 atom stereocenters. The Labute approximate surface area is 207 Å². The lowest BCUT2D eigenvalue weighted by molar-refractivity contribution is -0.136. The Kier molecular flexibility index (Phi) is 6.07. The van der Waals surface area contributed by atoms with Gasteiger partial charge in [-0.1, -0.05) is 0 Å². The summed E-state index contributed by atoms with van der Waals surface area (Å²) in [6.45, 7) is 2.57. The van der Waals surface area contributed by atoms with Gasteiger partial charge in [-0.15, -0.1) is 0 Å². The maximum atomic E-state index is 13.0. The number of aryl methyl sites for hydroxylation is 1. The molecule has 0 unspecified atom stereocenters. The third-order valence-corrected chi connectivity index (χ3v) is 6.90. The zero-order valence-electron chi connectivity index (χ0n) is 20.4. The summed E-state index contributed by atoms with van der Waals surface area (Å²) in [5.41, 5.74) is 0.551. The molecule has 3 heterocycles. The van der Waals surface area contributed by atoms with Gasteiger partial charge >= 0.3 is 5.63 Å². The molecule has 1 aromatic heterocycles. The number of nitrogens with zero attached hydrogens (tertiary/aromatic N) is 1. The monoisotopic (exact) mass is 493 g/mol. The van der Waals surface area contributed by atoms with Crippen molar-refractivity contribution in [3.8, 4) is 23.0 Å². The predicted molar refractivity (Wildman–Crippen MR) is 130 cm³/mol. The molecule has 1 fully saturated rings. The van der Waals surface area contributed by atoms with Crippen molar-refractivity contribution >= 4 is 22.7 Å². The largest absolute Gasteiger partial charge is 0.496 e. The second kappa shape index (κ2) is 9.22. The number of Topliss-reactive ketones (excluding diaryl/α,β-unsaturated/α-hetero) is 1. The zero-order valence-corrected chi connectivity index (χ0v) is 20.4. The Balaban J connectivity index is 1.23. The Morgan fingerprint density at radius 3 is 2.53 bits per heavy atom. The van der Waals surface area contributed by atoms with E-state index in [1.165, 1.54) is 13.2 Å². The standard InChI is InChI=1S/C27H27NO8/c1-16-10-25(31)35-21-11-17(4-5-19(16)21)34-15-24(30)28-8-6-27(7-9-28)14-20(29)26-22(33-3)12-18(32-2)13-23(26)36-27/h4-5,10-13H,6-9,14-15H2,1-3H3. The first-order chi connectivity index (χ1) is 17.3. The van der Waals surface area contributed by atoms with Gasteiger partial charge in [0.2, 0.25) is 0 Å². The Morgan fingerprint density at radius 1 is 1.03 bits per heavy atom. The molecule has 0 aliphatic carbocycles. The van der Waals surface area contributed by atoms with Crippen LogP contribution in [-0.2, 0) is 4.79 Å². The van der Waals surface area contributed by atoms with E-state index >= 15 is 0 Å². The first-order valence-corrected chi connectivity index (χ1v) is 11.7. The highest BCUT2D eigenvalue weighted by atomic mass is 16.5. The lowest BCUT2D eigenvalue weighted by atomic mass is 9.82. The van der Waals surface area contributed by atoms with Crippen LogP contribution >= 0.6 is 0 Å². The van der Waals surface area contributed by atoms with Gasteiger partial charge in [0.25, 0.3) is 5.91 Å². The van der Waals surface area contributed by atoms with Crippen molar-refractivity contribution < 1.29 is 33.0 Å². The van der Waals surface area contributed by atoms with Crippen molar-refractivity contribution in [1.29, 1.82) is 0 Å². The van der Waals surface area contributed by atoms with Gasteiger partial charge in [0.15, 0.2) is 12.4 Å². The number of benzene rings is 2. The number of carbonyl (C=O) groups excluding carboxylic acids is 2. The number of hydrogen-bond donors (Lipinski definition) is 0. The van der Waals surface area contributed by atoms with E-state index in [1.807, 2.05) is 6.92 Å². The summed E-state index contributed by atoms with van der Waals surface area (Å²) in [5, 5.41) is 0.813. The predicted octanol–water partition coefficient (Wildman–Crippen LogP) is 3.52. The molecular weight excluding hydrogens is 466 g/mol. The number of rotatable bonds is 5. The van der Waals surface area contributed by atoms with E-state index in [9.17, 15) is 14.4 Å². The maximum absolute atomic E-state index is 13.0. The van der Waals surface area contributed by atoms with E-state index in [2.05, 4.69) is 0 Å². The highest BCUT2D eigenvalue weighted by Crippen LogP contribution is 2.44. The van der Waals surface area contributed by atoms with Crippen LogP contribution in [0.2, 0.25) is 0 Å². The Bertz CT molecular complexity index is 1400. The Morgan fingerprint density at radius 2 is 1.81 bits per heavy atom. The van der Waals surface area contributed by atoms with Crippen molar-refractivity contribution in [3.05, 3.63) is 57.9 Å². The van der Waals surface area contributed by atoms with Crippen molar-refractivity contribution in [1.82, 2.24) is 4.90 Å². The number of piperidine rings is 1. The molecule has 0 radical (unpaired) electrons. The number of likely N-dealkylation sites (tertiary alicyclic amines) is 1. The number of hydrogen-bond acceptors (Lipinski definition) is 8. The number of methoxy groups -OCH3 is 2. The topological polar surface area (TPSA) is 105 Å². The van der Waals surface area contributed by atoms with Crippen LogP contribution in [0.1, 0.15) is 35.2 Å². The fourth-order valence-corrected chi connectivity index (χ4v) is 4.92. The Hall–Kier alpha value is -4.01. The van der Waals surface area contributed by atoms with Crippen LogP contribution in [-0.4, -0.2) is 56.1 Å². The van der Waals surface area contributed by atoms with Crippen LogP contribution < -0.4 is 24.6 Å². The van der Waals surface area contributed by atoms with E-state index in [4.69, 9.17) is 23.4 Å². The highest BCUT2D eigenvalue weighted by molar-refractivity contribution is 6.03. The molecule has 5 rings (SSSR count). The van der Waals surface area contributed by atoms with Gasteiger partial charge in [-0.3, -0.25) is 9.59 Å². The van der Waals surface area contributed by atoms with Gasteiger partial charge in [-0.2, -0.15) is 0 Å². The molecule has 1 spiro atoms. The molecule has 3 aromatic rings. The molecule has 36 heavy (non-hydrogen) atoms. The average Bonchev–Trinajstić information content (AvgIpc) is 2.86. The van der Waals surface area contributed by atoms with E-state index in [-0.39, 0.29) is 24.7 Å². The molecule has 2 aromatic carbocycles. The molecular formula is C27H27NO8. The molecule has 2 aliphatic heterocycles. The number of fused-ring (bicyclic) bond motifs is 2. The van der Waals surface area contributed by atoms with E-state index in [0.717, 1.165) is 10.9 Å². The molecule has 0 saturated carbocycles. The smallest absolute Gasteiger partial charge is 0.336 e. The van der Waals surface area contributed by atoms with Gasteiger partial charge in [0.1, 0.15) is 39.7 Å². The fraction of sp³-hybridized carbons (Fsp3) is 0.370. The number of ketones is 1. The summed E-state index contributed by atoms with van der Waals surface area (Å²) in [4.78, 5) is 39.2. The number of carbonyl (C=O) groups is 2. The molecule has 9 heteroatoms. The second-order valence-electron chi connectivity index (χ2n) is 9.16. The molecule has 0 N–H and O–H groups in total. The van der Waals surface area contributed by atoms with Crippen molar-refractivity contribution in [2.24, 2.45) is 0 Å².